The van der Waals surface area contributed by atoms with Crippen molar-refractivity contribution in [2.45, 2.75) is 70.1 Å². The van der Waals surface area contributed by atoms with Crippen LogP contribution in [0.3, 0.4) is 0 Å². The number of aromatic nitrogens is 2. The van der Waals surface area contributed by atoms with Crippen LogP contribution in [0.4, 0.5) is 0 Å². The van der Waals surface area contributed by atoms with Gasteiger partial charge in [-0.3, -0.25) is 9.36 Å². The van der Waals surface area contributed by atoms with Gasteiger partial charge in [-0.05, 0) is 55.7 Å². The van der Waals surface area contributed by atoms with E-state index in [9.17, 15) is 18.3 Å². The van der Waals surface area contributed by atoms with Crippen molar-refractivity contribution in [3.8, 4) is 11.4 Å². The first kappa shape index (κ1) is 27.5. The van der Waals surface area contributed by atoms with Gasteiger partial charge in [-0.15, -0.1) is 0 Å². The SMILES string of the molecule is CCc1nc(C(=O)NC[C@]2(O)CC[C@H](S(C)(=O)=O)CC2)c(Cl)n1-c1ccc(CC(C)C)cc1OC. The van der Waals surface area contributed by atoms with Crippen LogP contribution in [0, 0.1) is 5.92 Å². The summed E-state index contributed by atoms with van der Waals surface area (Å²) in [7, 11) is -1.54. The second kappa shape index (κ2) is 10.9. The van der Waals surface area contributed by atoms with Gasteiger partial charge in [0, 0.05) is 19.2 Å². The number of aryl methyl sites for hydroxylation is 1. The molecule has 0 unspecified atom stereocenters. The molecule has 0 atom stereocenters. The van der Waals surface area contributed by atoms with Crippen LogP contribution < -0.4 is 10.1 Å². The minimum atomic E-state index is -3.14. The number of aliphatic hydroxyl groups is 1. The third-order valence-corrected chi connectivity index (χ3v) is 8.63. The first-order chi connectivity index (χ1) is 16.4. The molecule has 8 nitrogen and oxygen atoms in total. The molecule has 2 N–H and O–H groups in total. The van der Waals surface area contributed by atoms with Crippen molar-refractivity contribution in [1.29, 1.82) is 0 Å². The fraction of sp³-hybridized carbons (Fsp3) is 0.600. The molecule has 1 fully saturated rings. The number of halogens is 1. The number of hydrogen-bond donors (Lipinski definition) is 2. The predicted octanol–water partition coefficient (Wildman–Crippen LogP) is 3.74. The summed E-state index contributed by atoms with van der Waals surface area (Å²) in [6.07, 6.45) is 4.01. The molecule has 3 rings (SSSR count). The van der Waals surface area contributed by atoms with Crippen molar-refractivity contribution in [3.05, 3.63) is 40.4 Å². The summed E-state index contributed by atoms with van der Waals surface area (Å²) in [5, 5.41) is 13.3. The number of hydrogen-bond acceptors (Lipinski definition) is 6. The van der Waals surface area contributed by atoms with Crippen molar-refractivity contribution in [2.75, 3.05) is 19.9 Å². The number of rotatable bonds is 9. The number of benzene rings is 1. The minimum Gasteiger partial charge on any atom is -0.495 e. The monoisotopic (exact) mass is 525 g/mol. The first-order valence-electron chi connectivity index (χ1n) is 12.0. The molecule has 2 aromatic rings. The van der Waals surface area contributed by atoms with Gasteiger partial charge in [0.2, 0.25) is 0 Å². The second-order valence-electron chi connectivity index (χ2n) is 9.90. The molecule has 1 aromatic heterocycles. The van der Waals surface area contributed by atoms with Crippen LogP contribution in [0.2, 0.25) is 5.15 Å². The Labute approximate surface area is 213 Å². The number of imidazole rings is 1. The Bertz CT molecular complexity index is 1170. The molecule has 0 radical (unpaired) electrons. The quantitative estimate of drug-likeness (QED) is 0.516. The highest BCUT2D eigenvalue weighted by Gasteiger charge is 2.37. The zero-order valence-corrected chi connectivity index (χ0v) is 22.7. The molecule has 1 amide bonds. The van der Waals surface area contributed by atoms with Crippen LogP contribution in [-0.4, -0.2) is 59.7 Å². The summed E-state index contributed by atoms with van der Waals surface area (Å²) < 4.78 is 30.9. The Morgan fingerprint density at radius 2 is 2.00 bits per heavy atom. The van der Waals surface area contributed by atoms with Gasteiger partial charge in [-0.25, -0.2) is 13.4 Å². The van der Waals surface area contributed by atoms with Crippen molar-refractivity contribution in [3.63, 3.8) is 0 Å². The normalized spacial score (nSPS) is 20.7. The molecule has 194 valence electrons. The van der Waals surface area contributed by atoms with E-state index in [4.69, 9.17) is 16.3 Å². The summed E-state index contributed by atoms with van der Waals surface area (Å²) in [4.78, 5) is 17.5. The summed E-state index contributed by atoms with van der Waals surface area (Å²) in [5.41, 5.74) is 0.762. The van der Waals surface area contributed by atoms with E-state index in [1.165, 1.54) is 6.26 Å². The number of carbonyl (C=O) groups excluding carboxylic acids is 1. The Hall–Kier alpha value is -2.10. The van der Waals surface area contributed by atoms with Gasteiger partial charge < -0.3 is 15.2 Å². The van der Waals surface area contributed by atoms with Crippen molar-refractivity contribution in [2.24, 2.45) is 5.92 Å². The number of methoxy groups -OCH3 is 1. The van der Waals surface area contributed by atoms with E-state index in [2.05, 4.69) is 24.1 Å². The lowest BCUT2D eigenvalue weighted by atomic mass is 9.84. The fourth-order valence-electron chi connectivity index (χ4n) is 4.64. The highest BCUT2D eigenvalue weighted by Crippen LogP contribution is 2.33. The van der Waals surface area contributed by atoms with E-state index >= 15 is 0 Å². The standard InChI is InChI=1S/C25H36ClN3O5S/c1-6-21-28-22(24(30)27-15-25(31)11-9-18(10-12-25)35(5,32)33)23(26)29(21)19-8-7-17(13-16(2)3)14-20(19)34-4/h7-8,14,16,18,31H,6,9-13,15H2,1-5H3,(H,27,30)/t18-,25-. The van der Waals surface area contributed by atoms with Gasteiger partial charge in [0.15, 0.2) is 5.69 Å². The zero-order valence-electron chi connectivity index (χ0n) is 21.1. The average molecular weight is 526 g/mol. The Morgan fingerprint density at radius 3 is 2.54 bits per heavy atom. The van der Waals surface area contributed by atoms with E-state index in [1.54, 1.807) is 11.7 Å². The second-order valence-corrected chi connectivity index (χ2v) is 12.6. The molecule has 1 aromatic carbocycles. The first-order valence-corrected chi connectivity index (χ1v) is 14.4. The number of sulfone groups is 1. The molecule has 1 heterocycles. The molecular weight excluding hydrogens is 490 g/mol. The van der Waals surface area contributed by atoms with Crippen LogP contribution in [0.5, 0.6) is 5.75 Å². The van der Waals surface area contributed by atoms with Gasteiger partial charge in [0.25, 0.3) is 5.91 Å². The van der Waals surface area contributed by atoms with Gasteiger partial charge in [-0.2, -0.15) is 0 Å². The lowest BCUT2D eigenvalue weighted by Gasteiger charge is -2.35. The number of carbonyl (C=O) groups is 1. The van der Waals surface area contributed by atoms with Crippen molar-refractivity contribution in [1.82, 2.24) is 14.9 Å². The summed E-state index contributed by atoms with van der Waals surface area (Å²) >= 11 is 6.67. The Kier molecular flexibility index (Phi) is 8.55. The summed E-state index contributed by atoms with van der Waals surface area (Å²) in [5.74, 6) is 1.26. The minimum absolute atomic E-state index is 0.000181. The molecule has 1 aliphatic rings. The molecule has 0 bridgehead atoms. The molecule has 1 aliphatic carbocycles. The van der Waals surface area contributed by atoms with Crippen LogP contribution in [0.25, 0.3) is 5.69 Å². The number of ether oxygens (including phenoxy) is 1. The van der Waals surface area contributed by atoms with E-state index in [0.29, 0.717) is 55.3 Å². The molecule has 0 spiro atoms. The Balaban J connectivity index is 1.80. The van der Waals surface area contributed by atoms with Crippen LogP contribution in [0.1, 0.15) is 68.3 Å². The third-order valence-electron chi connectivity index (χ3n) is 6.60. The lowest BCUT2D eigenvalue weighted by molar-refractivity contribution is 0.00607. The maximum Gasteiger partial charge on any atom is 0.273 e. The summed E-state index contributed by atoms with van der Waals surface area (Å²) in [6, 6.07) is 5.93. The number of nitrogens with zero attached hydrogens (tertiary/aromatic N) is 2. The van der Waals surface area contributed by atoms with E-state index in [0.717, 1.165) is 12.0 Å². The molecule has 35 heavy (non-hydrogen) atoms. The van der Waals surface area contributed by atoms with Crippen LogP contribution in [0.15, 0.2) is 18.2 Å². The van der Waals surface area contributed by atoms with Gasteiger partial charge >= 0.3 is 0 Å². The molecule has 0 saturated heterocycles. The van der Waals surface area contributed by atoms with E-state index in [1.807, 2.05) is 25.1 Å². The fourth-order valence-corrected chi connectivity index (χ4v) is 6.05. The maximum atomic E-state index is 13.0. The van der Waals surface area contributed by atoms with Crippen LogP contribution >= 0.6 is 11.6 Å². The van der Waals surface area contributed by atoms with Gasteiger partial charge in [0.1, 0.15) is 26.6 Å². The predicted molar refractivity (Wildman–Crippen MR) is 137 cm³/mol. The largest absolute Gasteiger partial charge is 0.495 e. The Morgan fingerprint density at radius 1 is 1.34 bits per heavy atom. The van der Waals surface area contributed by atoms with Crippen LogP contribution in [-0.2, 0) is 22.7 Å². The molecule has 0 aliphatic heterocycles. The van der Waals surface area contributed by atoms with Crippen molar-refractivity contribution >= 4 is 27.3 Å². The topological polar surface area (TPSA) is 111 Å². The number of nitrogens with one attached hydrogen (secondary N) is 1. The highest BCUT2D eigenvalue weighted by molar-refractivity contribution is 7.91. The van der Waals surface area contributed by atoms with Crippen molar-refractivity contribution < 1.29 is 23.1 Å². The van der Waals surface area contributed by atoms with E-state index in [-0.39, 0.29) is 17.4 Å². The molecule has 10 heteroatoms. The lowest BCUT2D eigenvalue weighted by Crippen LogP contribution is -2.47. The average Bonchev–Trinajstić information content (AvgIpc) is 3.13. The van der Waals surface area contributed by atoms with Gasteiger partial charge in [-0.1, -0.05) is 38.4 Å². The van der Waals surface area contributed by atoms with Gasteiger partial charge in [0.05, 0.1) is 23.6 Å². The molecule has 1 saturated carbocycles. The molecular formula is C25H36ClN3O5S. The number of amides is 1. The van der Waals surface area contributed by atoms with E-state index < -0.39 is 26.6 Å². The smallest absolute Gasteiger partial charge is 0.273 e. The summed E-state index contributed by atoms with van der Waals surface area (Å²) in [6.45, 7) is 6.24. The highest BCUT2D eigenvalue weighted by atomic mass is 35.5. The third kappa shape index (κ3) is 6.37. The zero-order chi connectivity index (χ0) is 26.0. The maximum absolute atomic E-state index is 13.0.